The third-order valence-corrected chi connectivity index (χ3v) is 11.9. The highest BCUT2D eigenvalue weighted by molar-refractivity contribution is 5.71. The zero-order valence-corrected chi connectivity index (χ0v) is 45.9. The van der Waals surface area contributed by atoms with E-state index >= 15 is 0 Å². The summed E-state index contributed by atoms with van der Waals surface area (Å²) in [6.07, 6.45) is 80.5. The first-order chi connectivity index (χ1) is 35.0. The number of unbranched alkanes of at least 4 members (excludes halogenated alkanes) is 20. The van der Waals surface area contributed by atoms with Crippen LogP contribution in [0.2, 0.25) is 0 Å². The third-order valence-electron chi connectivity index (χ3n) is 11.9. The fourth-order valence-corrected chi connectivity index (χ4v) is 7.59. The van der Waals surface area contributed by atoms with E-state index in [4.69, 9.17) is 14.2 Å². The van der Waals surface area contributed by atoms with Gasteiger partial charge in [-0.1, -0.05) is 232 Å². The molecule has 0 amide bonds. The second-order valence-corrected chi connectivity index (χ2v) is 18.8. The van der Waals surface area contributed by atoms with E-state index in [1.165, 1.54) is 96.3 Å². The Bertz CT molecular complexity index is 1500. The van der Waals surface area contributed by atoms with Crippen LogP contribution in [-0.4, -0.2) is 37.2 Å². The summed E-state index contributed by atoms with van der Waals surface area (Å²) in [5, 5.41) is 0. The molecule has 0 bridgehead atoms. The van der Waals surface area contributed by atoms with Crippen molar-refractivity contribution < 1.29 is 28.6 Å². The quantitative estimate of drug-likeness (QED) is 0.0261. The number of allylic oxidation sites excluding steroid dienone is 20. The second-order valence-electron chi connectivity index (χ2n) is 18.8. The van der Waals surface area contributed by atoms with Crippen LogP contribution in [0.25, 0.3) is 0 Å². The number of carbonyl (C=O) groups is 3. The van der Waals surface area contributed by atoms with Gasteiger partial charge in [0.15, 0.2) is 6.10 Å². The van der Waals surface area contributed by atoms with Crippen LogP contribution < -0.4 is 0 Å². The Morgan fingerprint density at radius 1 is 0.296 bits per heavy atom. The molecule has 0 rings (SSSR count). The summed E-state index contributed by atoms with van der Waals surface area (Å²) in [4.78, 5) is 38.2. The Labute approximate surface area is 437 Å². The van der Waals surface area contributed by atoms with Crippen molar-refractivity contribution in [3.05, 3.63) is 122 Å². The van der Waals surface area contributed by atoms with E-state index in [1.807, 2.05) is 6.08 Å². The van der Waals surface area contributed by atoms with E-state index in [0.29, 0.717) is 19.3 Å². The molecule has 1 atom stereocenters. The van der Waals surface area contributed by atoms with Crippen molar-refractivity contribution in [1.82, 2.24) is 0 Å². The number of rotatable bonds is 51. The molecule has 0 saturated carbocycles. The Balaban J connectivity index is 4.53. The van der Waals surface area contributed by atoms with Gasteiger partial charge < -0.3 is 14.2 Å². The van der Waals surface area contributed by atoms with Crippen LogP contribution in [-0.2, 0) is 28.6 Å². The SMILES string of the molecule is CC/C=C\C/C=C\C/C=C\CCCCCCCC(=O)OC[C@H](COC(=O)CCCCCCCCCCC/C=C\C/C=C\CCCCC)OC(=O)CC/C=C\C/C=C\C/C=C\C/C=C\C/C=C\CCCCC. The topological polar surface area (TPSA) is 78.9 Å². The first kappa shape index (κ1) is 66.8. The summed E-state index contributed by atoms with van der Waals surface area (Å²) < 4.78 is 16.8. The highest BCUT2D eigenvalue weighted by atomic mass is 16.6. The average Bonchev–Trinajstić information content (AvgIpc) is 3.37. The molecule has 0 heterocycles. The van der Waals surface area contributed by atoms with Gasteiger partial charge in [0.25, 0.3) is 0 Å². The predicted octanol–water partition coefficient (Wildman–Crippen LogP) is 19.6. The number of esters is 3. The van der Waals surface area contributed by atoms with Gasteiger partial charge in [-0.2, -0.15) is 0 Å². The van der Waals surface area contributed by atoms with Crippen LogP contribution in [0.15, 0.2) is 122 Å². The standard InChI is InChI=1S/C65H106O6/c1-4-7-10-13-16-19-22-25-28-30-32-34-37-40-43-46-49-52-55-58-64(67)70-61-62(60-69-63(66)57-54-51-48-45-42-39-36-27-24-21-18-15-12-9-6-3)71-65(68)59-56-53-50-47-44-41-38-35-33-31-29-26-23-20-17-14-11-8-5-2/h9,12,16-21,25-29,33,35-36,41,44,50,53,62H,4-8,10-11,13-15,22-24,30-32,34,37-40,42-43,45-49,51-52,54-61H2,1-3H3/b12-9-,19-16-,20-17-,21-18-,28-25-,29-26-,35-33-,36-27-,44-41-,53-50-/t62-/m1/s1. The minimum Gasteiger partial charge on any atom is -0.462 e. The van der Waals surface area contributed by atoms with Gasteiger partial charge in [-0.05, 0) is 122 Å². The van der Waals surface area contributed by atoms with Gasteiger partial charge in [-0.15, -0.1) is 0 Å². The molecule has 0 radical (unpaired) electrons. The lowest BCUT2D eigenvalue weighted by Gasteiger charge is -2.18. The van der Waals surface area contributed by atoms with Gasteiger partial charge in [0.2, 0.25) is 0 Å². The Morgan fingerprint density at radius 2 is 0.577 bits per heavy atom. The molecule has 6 heteroatoms. The van der Waals surface area contributed by atoms with E-state index in [2.05, 4.69) is 136 Å². The van der Waals surface area contributed by atoms with E-state index in [0.717, 1.165) is 109 Å². The van der Waals surface area contributed by atoms with Crippen molar-refractivity contribution in [2.24, 2.45) is 0 Å². The van der Waals surface area contributed by atoms with Gasteiger partial charge in [0.05, 0.1) is 0 Å². The zero-order chi connectivity index (χ0) is 51.4. The third kappa shape index (κ3) is 56.6. The van der Waals surface area contributed by atoms with Crippen molar-refractivity contribution in [3.8, 4) is 0 Å². The number of carbonyl (C=O) groups excluding carboxylic acids is 3. The average molecular weight is 984 g/mol. The fraction of sp³-hybridized carbons (Fsp3) is 0.646. The molecule has 0 N–H and O–H groups in total. The van der Waals surface area contributed by atoms with Crippen LogP contribution in [0.5, 0.6) is 0 Å². The molecule has 0 aromatic rings. The maximum Gasteiger partial charge on any atom is 0.306 e. The fourth-order valence-electron chi connectivity index (χ4n) is 7.59. The van der Waals surface area contributed by atoms with E-state index < -0.39 is 12.1 Å². The van der Waals surface area contributed by atoms with Gasteiger partial charge in [-0.25, -0.2) is 0 Å². The highest BCUT2D eigenvalue weighted by Crippen LogP contribution is 2.14. The van der Waals surface area contributed by atoms with E-state index in [-0.39, 0.29) is 31.6 Å². The molecular formula is C65H106O6. The zero-order valence-electron chi connectivity index (χ0n) is 45.9. The Hall–Kier alpha value is -4.19. The van der Waals surface area contributed by atoms with Gasteiger partial charge >= 0.3 is 17.9 Å². The molecule has 6 nitrogen and oxygen atoms in total. The van der Waals surface area contributed by atoms with Crippen molar-refractivity contribution in [1.29, 1.82) is 0 Å². The van der Waals surface area contributed by atoms with Crippen molar-refractivity contribution >= 4 is 17.9 Å². The van der Waals surface area contributed by atoms with Crippen molar-refractivity contribution in [2.45, 2.75) is 258 Å². The Morgan fingerprint density at radius 3 is 0.915 bits per heavy atom. The second kappa shape index (κ2) is 58.4. The molecule has 0 aromatic carbocycles. The molecule has 0 aliphatic carbocycles. The summed E-state index contributed by atoms with van der Waals surface area (Å²) >= 11 is 0. The van der Waals surface area contributed by atoms with Crippen LogP contribution in [0.4, 0.5) is 0 Å². The molecule has 0 unspecified atom stereocenters. The van der Waals surface area contributed by atoms with Gasteiger partial charge in [0, 0.05) is 19.3 Å². The molecule has 71 heavy (non-hydrogen) atoms. The van der Waals surface area contributed by atoms with Crippen LogP contribution in [0.3, 0.4) is 0 Å². The summed E-state index contributed by atoms with van der Waals surface area (Å²) in [5.74, 6) is -1.02. The largest absolute Gasteiger partial charge is 0.462 e. The normalized spacial score (nSPS) is 13.0. The molecule has 402 valence electrons. The van der Waals surface area contributed by atoms with Crippen LogP contribution >= 0.6 is 0 Å². The lowest BCUT2D eigenvalue weighted by atomic mass is 10.1. The predicted molar refractivity (Wildman–Crippen MR) is 306 cm³/mol. The monoisotopic (exact) mass is 983 g/mol. The minimum absolute atomic E-state index is 0.118. The summed E-state index contributed by atoms with van der Waals surface area (Å²) in [6, 6.07) is 0. The molecule has 0 fully saturated rings. The van der Waals surface area contributed by atoms with Crippen LogP contribution in [0, 0.1) is 0 Å². The highest BCUT2D eigenvalue weighted by Gasteiger charge is 2.19. The summed E-state index contributed by atoms with van der Waals surface area (Å²) in [5.41, 5.74) is 0. The number of hydrogen-bond donors (Lipinski definition) is 0. The van der Waals surface area contributed by atoms with E-state index in [9.17, 15) is 14.4 Å². The lowest BCUT2D eigenvalue weighted by Crippen LogP contribution is -2.30. The molecule has 0 saturated heterocycles. The van der Waals surface area contributed by atoms with Gasteiger partial charge in [0.1, 0.15) is 13.2 Å². The Kier molecular flexibility index (Phi) is 54.9. The number of ether oxygens (including phenoxy) is 3. The molecule has 0 aromatic heterocycles. The smallest absolute Gasteiger partial charge is 0.306 e. The van der Waals surface area contributed by atoms with Crippen LogP contribution in [0.1, 0.15) is 252 Å². The summed E-state index contributed by atoms with van der Waals surface area (Å²) in [6.45, 7) is 6.39. The van der Waals surface area contributed by atoms with Crippen molar-refractivity contribution in [3.63, 3.8) is 0 Å². The molecule has 0 aliphatic heterocycles. The van der Waals surface area contributed by atoms with E-state index in [1.54, 1.807) is 0 Å². The summed E-state index contributed by atoms with van der Waals surface area (Å²) in [7, 11) is 0. The molecular weight excluding hydrogens is 877 g/mol. The number of hydrogen-bond acceptors (Lipinski definition) is 6. The first-order valence-electron chi connectivity index (χ1n) is 29.0. The molecule has 0 spiro atoms. The maximum absolute atomic E-state index is 12.8. The van der Waals surface area contributed by atoms with Gasteiger partial charge in [-0.3, -0.25) is 14.4 Å². The minimum atomic E-state index is -0.831. The van der Waals surface area contributed by atoms with Crippen molar-refractivity contribution in [2.75, 3.05) is 13.2 Å². The molecule has 0 aliphatic rings. The maximum atomic E-state index is 12.8. The lowest BCUT2D eigenvalue weighted by molar-refractivity contribution is -0.166. The first-order valence-corrected chi connectivity index (χ1v) is 29.0.